The van der Waals surface area contributed by atoms with Crippen LogP contribution in [0.3, 0.4) is 0 Å². The Morgan fingerprint density at radius 2 is 1.92 bits per heavy atom. The number of benzene rings is 2. The van der Waals surface area contributed by atoms with Gasteiger partial charge in [0.15, 0.2) is 11.0 Å². The van der Waals surface area contributed by atoms with Crippen molar-refractivity contribution >= 4 is 23.4 Å². The molecule has 1 amide bonds. The third-order valence-electron chi connectivity index (χ3n) is 3.86. The summed E-state index contributed by atoms with van der Waals surface area (Å²) in [5.74, 6) is 1.03. The van der Waals surface area contributed by atoms with E-state index < -0.39 is 0 Å². The van der Waals surface area contributed by atoms with Crippen LogP contribution in [0.15, 0.2) is 53.7 Å². The standard InChI is InChI=1S/C19H20N4OS/c1-13-7-6-9-15(11-13)18-21-22-19(23(18)3)25-12-17(24)20-16-10-5-4-8-14(16)2/h4-11H,12H2,1-3H3,(H,20,24). The maximum atomic E-state index is 12.2. The quantitative estimate of drug-likeness (QED) is 0.709. The molecular weight excluding hydrogens is 332 g/mol. The number of para-hydroxylation sites is 1. The zero-order valence-electron chi connectivity index (χ0n) is 14.5. The Kier molecular flexibility index (Phi) is 5.19. The molecule has 1 heterocycles. The zero-order chi connectivity index (χ0) is 17.8. The molecular formula is C19H20N4OS. The Morgan fingerprint density at radius 3 is 2.68 bits per heavy atom. The Bertz CT molecular complexity index is 904. The fraction of sp³-hybridized carbons (Fsp3) is 0.211. The molecule has 0 saturated carbocycles. The molecule has 3 rings (SSSR count). The van der Waals surface area contributed by atoms with Crippen LogP contribution in [-0.4, -0.2) is 26.4 Å². The lowest BCUT2D eigenvalue weighted by Crippen LogP contribution is -2.15. The molecule has 5 nitrogen and oxygen atoms in total. The summed E-state index contributed by atoms with van der Waals surface area (Å²) in [4.78, 5) is 12.2. The predicted octanol–water partition coefficient (Wildman–Crippen LogP) is 3.83. The first kappa shape index (κ1) is 17.2. The number of carbonyl (C=O) groups excluding carboxylic acids is 1. The van der Waals surface area contributed by atoms with Gasteiger partial charge in [-0.1, -0.05) is 53.7 Å². The molecule has 0 unspecified atom stereocenters. The molecule has 0 fully saturated rings. The number of rotatable bonds is 5. The van der Waals surface area contributed by atoms with Crippen molar-refractivity contribution in [2.24, 2.45) is 7.05 Å². The van der Waals surface area contributed by atoms with E-state index in [2.05, 4.69) is 21.6 Å². The molecule has 0 bridgehead atoms. The maximum Gasteiger partial charge on any atom is 0.234 e. The zero-order valence-corrected chi connectivity index (χ0v) is 15.3. The third-order valence-corrected chi connectivity index (χ3v) is 4.88. The van der Waals surface area contributed by atoms with Gasteiger partial charge < -0.3 is 9.88 Å². The van der Waals surface area contributed by atoms with Crippen LogP contribution in [0.2, 0.25) is 0 Å². The minimum atomic E-state index is -0.0561. The average Bonchev–Trinajstić information content (AvgIpc) is 2.96. The second-order valence-electron chi connectivity index (χ2n) is 5.89. The number of aryl methyl sites for hydroxylation is 2. The van der Waals surface area contributed by atoms with E-state index in [4.69, 9.17) is 0 Å². The van der Waals surface area contributed by atoms with E-state index in [9.17, 15) is 4.79 Å². The van der Waals surface area contributed by atoms with Gasteiger partial charge in [0.25, 0.3) is 0 Å². The number of aromatic nitrogens is 3. The van der Waals surface area contributed by atoms with Gasteiger partial charge in [0.1, 0.15) is 0 Å². The van der Waals surface area contributed by atoms with Crippen molar-refractivity contribution in [2.75, 3.05) is 11.1 Å². The van der Waals surface area contributed by atoms with Crippen LogP contribution in [-0.2, 0) is 11.8 Å². The molecule has 0 radical (unpaired) electrons. The lowest BCUT2D eigenvalue weighted by atomic mass is 10.1. The summed E-state index contributed by atoms with van der Waals surface area (Å²) < 4.78 is 1.92. The van der Waals surface area contributed by atoms with Crippen LogP contribution in [0.4, 0.5) is 5.69 Å². The fourth-order valence-corrected chi connectivity index (χ4v) is 3.22. The SMILES string of the molecule is Cc1cccc(-c2nnc(SCC(=O)Nc3ccccc3C)n2C)c1. The smallest absolute Gasteiger partial charge is 0.234 e. The van der Waals surface area contributed by atoms with Crippen molar-refractivity contribution in [3.05, 3.63) is 59.7 Å². The largest absolute Gasteiger partial charge is 0.325 e. The molecule has 3 aromatic rings. The molecule has 0 aliphatic rings. The molecule has 2 aromatic carbocycles. The number of thioether (sulfide) groups is 1. The number of carbonyl (C=O) groups is 1. The highest BCUT2D eigenvalue weighted by molar-refractivity contribution is 7.99. The maximum absolute atomic E-state index is 12.2. The molecule has 1 aromatic heterocycles. The van der Waals surface area contributed by atoms with Gasteiger partial charge >= 0.3 is 0 Å². The van der Waals surface area contributed by atoms with Gasteiger partial charge in [-0.05, 0) is 31.5 Å². The van der Waals surface area contributed by atoms with Gasteiger partial charge in [-0.2, -0.15) is 0 Å². The Balaban J connectivity index is 1.66. The monoisotopic (exact) mass is 352 g/mol. The van der Waals surface area contributed by atoms with Crippen molar-refractivity contribution in [1.82, 2.24) is 14.8 Å². The van der Waals surface area contributed by atoms with E-state index >= 15 is 0 Å². The van der Waals surface area contributed by atoms with E-state index in [1.165, 1.54) is 17.3 Å². The summed E-state index contributed by atoms with van der Waals surface area (Å²) in [6.45, 7) is 4.02. The first-order valence-electron chi connectivity index (χ1n) is 7.99. The van der Waals surface area contributed by atoms with Gasteiger partial charge in [-0.3, -0.25) is 4.79 Å². The van der Waals surface area contributed by atoms with E-state index in [0.29, 0.717) is 0 Å². The van der Waals surface area contributed by atoms with Crippen LogP contribution in [0, 0.1) is 13.8 Å². The number of hydrogen-bond acceptors (Lipinski definition) is 4. The summed E-state index contributed by atoms with van der Waals surface area (Å²) in [7, 11) is 1.92. The van der Waals surface area contributed by atoms with Crippen LogP contribution in [0.5, 0.6) is 0 Å². The molecule has 128 valence electrons. The normalized spacial score (nSPS) is 10.7. The molecule has 6 heteroatoms. The third kappa shape index (κ3) is 4.09. The molecule has 0 spiro atoms. The van der Waals surface area contributed by atoms with E-state index in [-0.39, 0.29) is 11.7 Å². The second kappa shape index (κ2) is 7.53. The Morgan fingerprint density at radius 1 is 1.12 bits per heavy atom. The minimum Gasteiger partial charge on any atom is -0.325 e. The molecule has 0 atom stereocenters. The highest BCUT2D eigenvalue weighted by atomic mass is 32.2. The van der Waals surface area contributed by atoms with E-state index in [1.54, 1.807) is 0 Å². The summed E-state index contributed by atoms with van der Waals surface area (Å²) in [5.41, 5.74) is 4.08. The number of nitrogens with one attached hydrogen (secondary N) is 1. The summed E-state index contributed by atoms with van der Waals surface area (Å²) in [6, 6.07) is 15.9. The number of hydrogen-bond donors (Lipinski definition) is 1. The minimum absolute atomic E-state index is 0.0561. The van der Waals surface area contributed by atoms with Crippen LogP contribution >= 0.6 is 11.8 Å². The van der Waals surface area contributed by atoms with Gasteiger partial charge in [-0.15, -0.1) is 10.2 Å². The molecule has 0 aliphatic heterocycles. The van der Waals surface area contributed by atoms with Gasteiger partial charge in [0.2, 0.25) is 5.91 Å². The van der Waals surface area contributed by atoms with Crippen LogP contribution < -0.4 is 5.32 Å². The van der Waals surface area contributed by atoms with Crippen molar-refractivity contribution in [3.8, 4) is 11.4 Å². The van der Waals surface area contributed by atoms with Crippen molar-refractivity contribution in [3.63, 3.8) is 0 Å². The van der Waals surface area contributed by atoms with E-state index in [0.717, 1.165) is 27.8 Å². The number of nitrogens with zero attached hydrogens (tertiary/aromatic N) is 3. The van der Waals surface area contributed by atoms with Gasteiger partial charge in [0.05, 0.1) is 5.75 Å². The van der Waals surface area contributed by atoms with E-state index in [1.807, 2.05) is 67.9 Å². The Labute approximate surface area is 151 Å². The highest BCUT2D eigenvalue weighted by Crippen LogP contribution is 2.23. The fourth-order valence-electron chi connectivity index (χ4n) is 2.51. The van der Waals surface area contributed by atoms with Crippen molar-refractivity contribution < 1.29 is 4.79 Å². The lowest BCUT2D eigenvalue weighted by Gasteiger charge is -2.08. The summed E-state index contributed by atoms with van der Waals surface area (Å²) >= 11 is 1.38. The highest BCUT2D eigenvalue weighted by Gasteiger charge is 2.13. The lowest BCUT2D eigenvalue weighted by molar-refractivity contribution is -0.113. The summed E-state index contributed by atoms with van der Waals surface area (Å²) in [6.07, 6.45) is 0. The predicted molar refractivity (Wildman–Crippen MR) is 102 cm³/mol. The van der Waals surface area contributed by atoms with Crippen molar-refractivity contribution in [1.29, 1.82) is 0 Å². The topological polar surface area (TPSA) is 59.8 Å². The molecule has 0 aliphatic carbocycles. The molecule has 0 saturated heterocycles. The van der Waals surface area contributed by atoms with Crippen LogP contribution in [0.1, 0.15) is 11.1 Å². The van der Waals surface area contributed by atoms with Crippen LogP contribution in [0.25, 0.3) is 11.4 Å². The average molecular weight is 352 g/mol. The van der Waals surface area contributed by atoms with Crippen molar-refractivity contribution in [2.45, 2.75) is 19.0 Å². The Hall–Kier alpha value is -2.60. The number of anilines is 1. The first-order chi connectivity index (χ1) is 12.0. The number of amides is 1. The molecule has 1 N–H and O–H groups in total. The second-order valence-corrected chi connectivity index (χ2v) is 6.83. The first-order valence-corrected chi connectivity index (χ1v) is 8.98. The van der Waals surface area contributed by atoms with Gasteiger partial charge in [0, 0.05) is 18.3 Å². The van der Waals surface area contributed by atoms with Gasteiger partial charge in [-0.25, -0.2) is 0 Å². The summed E-state index contributed by atoms with van der Waals surface area (Å²) in [5, 5.41) is 12.1. The molecule has 25 heavy (non-hydrogen) atoms.